The van der Waals surface area contributed by atoms with E-state index in [-0.39, 0.29) is 111 Å². The van der Waals surface area contributed by atoms with Gasteiger partial charge >= 0.3 is 100 Å². The molecule has 0 spiro atoms. The van der Waals surface area contributed by atoms with Crippen LogP contribution in [-0.4, -0.2) is 0 Å². The van der Waals surface area contributed by atoms with Crippen LogP contribution < -0.4 is 0 Å². The molecule has 0 N–H and O–H groups in total. The molecule has 0 saturated carbocycles. The topological polar surface area (TPSA) is 57.0 Å². The van der Waals surface area contributed by atoms with Gasteiger partial charge in [-0.15, -0.1) is 0 Å². The van der Waals surface area contributed by atoms with Crippen molar-refractivity contribution in [1.82, 2.24) is 0 Å². The average molecular weight is 511 g/mol. The standard InChI is InChI=1S/Ce.Mo.Ni.2O.W/q+3;+4;+2;2*-2;+4. The summed E-state index contributed by atoms with van der Waals surface area (Å²) in [5, 5.41) is 0. The minimum atomic E-state index is 0. The molecule has 0 amide bonds. The summed E-state index contributed by atoms with van der Waals surface area (Å²) in [7, 11) is 0. The van der Waals surface area contributed by atoms with Gasteiger partial charge in [-0.3, -0.25) is 0 Å². The second-order valence-electron chi connectivity index (χ2n) is 0. The van der Waals surface area contributed by atoms with Gasteiger partial charge in [-0.2, -0.15) is 0 Å². The molecule has 0 heterocycles. The van der Waals surface area contributed by atoms with Crippen LogP contribution in [0.4, 0.5) is 0 Å². The van der Waals surface area contributed by atoms with E-state index in [0.29, 0.717) is 0 Å². The van der Waals surface area contributed by atoms with Crippen LogP contribution in [0.5, 0.6) is 0 Å². The molecule has 0 aliphatic rings. The Labute approximate surface area is 109 Å². The number of hydrogen-bond acceptors (Lipinski definition) is 0. The van der Waals surface area contributed by atoms with E-state index in [1.807, 2.05) is 0 Å². The van der Waals surface area contributed by atoms with Gasteiger partial charge in [-0.25, -0.2) is 0 Å². The van der Waals surface area contributed by atoms with Gasteiger partial charge in [0.05, 0.1) is 0 Å². The Morgan fingerprint density at radius 3 is 0.833 bits per heavy atom. The van der Waals surface area contributed by atoms with Crippen molar-refractivity contribution in [3.8, 4) is 0 Å². The molecule has 29 valence electrons. The largest absolute Gasteiger partial charge is 4.00 e. The van der Waals surface area contributed by atoms with E-state index in [9.17, 15) is 0 Å². The quantitative estimate of drug-likeness (QED) is 0.404. The van der Waals surface area contributed by atoms with Crippen LogP contribution in [0.1, 0.15) is 0 Å². The molecule has 0 aromatic heterocycles. The first-order valence-electron chi connectivity index (χ1n) is 0. The van der Waals surface area contributed by atoms with Crippen molar-refractivity contribution >= 4 is 0 Å². The van der Waals surface area contributed by atoms with Crippen LogP contribution in [0.3, 0.4) is 0 Å². The molecule has 0 aromatic rings. The summed E-state index contributed by atoms with van der Waals surface area (Å²) in [6.45, 7) is 0. The summed E-state index contributed by atoms with van der Waals surface area (Å²) in [6, 6.07) is 0. The van der Waals surface area contributed by atoms with Crippen LogP contribution in [0, 0.1) is 41.7 Å². The number of rotatable bonds is 0. The second-order valence-corrected chi connectivity index (χ2v) is 0. The van der Waals surface area contributed by atoms with Crippen molar-refractivity contribution < 1.29 is 111 Å². The van der Waals surface area contributed by atoms with Crippen molar-refractivity contribution in [2.45, 2.75) is 0 Å². The third-order valence-corrected chi connectivity index (χ3v) is 0. The zero-order chi connectivity index (χ0) is 0. The minimum Gasteiger partial charge on any atom is -2.00 e. The zero-order valence-electron chi connectivity index (χ0n) is 2.45. The molecule has 0 atom stereocenters. The van der Waals surface area contributed by atoms with Gasteiger partial charge in [0.15, 0.2) is 0 Å². The smallest absolute Gasteiger partial charge is 2.00 e. The summed E-state index contributed by atoms with van der Waals surface area (Å²) in [5.41, 5.74) is 0. The molecule has 1 radical (unpaired) electrons. The maximum Gasteiger partial charge on any atom is 4.00 e. The molecule has 0 aromatic carbocycles. The SMILES string of the molecule is [Ce+3].[Mo+4].[Ni+2].[O-2].[O-2].[W+4]. The van der Waals surface area contributed by atoms with E-state index in [0.717, 1.165) is 0 Å². The van der Waals surface area contributed by atoms with Gasteiger partial charge in [0.25, 0.3) is 0 Å². The van der Waals surface area contributed by atoms with Gasteiger partial charge in [-0.05, 0) is 0 Å². The molecule has 0 bridgehead atoms. The molecular weight excluding hydrogens is 511 g/mol. The van der Waals surface area contributed by atoms with Crippen LogP contribution >= 0.6 is 0 Å². The molecule has 0 saturated heterocycles. The van der Waals surface area contributed by atoms with Gasteiger partial charge < -0.3 is 11.0 Å². The van der Waals surface area contributed by atoms with E-state index in [4.69, 9.17) is 0 Å². The fraction of sp³-hybridized carbons (Fsp3) is 0. The number of hydrogen-bond donors (Lipinski definition) is 0. The fourth-order valence-corrected chi connectivity index (χ4v) is 0. The van der Waals surface area contributed by atoms with Crippen LogP contribution in [0.25, 0.3) is 0 Å². The van der Waals surface area contributed by atoms with Crippen molar-refractivity contribution in [2.75, 3.05) is 0 Å². The molecule has 0 fully saturated rings. The Balaban J connectivity index is 0. The maximum absolute atomic E-state index is 0. The Hall–Kier alpha value is 3.17. The molecule has 0 aliphatic carbocycles. The molecule has 0 aliphatic heterocycles. The Morgan fingerprint density at radius 1 is 0.833 bits per heavy atom. The Morgan fingerprint density at radius 2 is 0.833 bits per heavy atom. The van der Waals surface area contributed by atoms with Crippen molar-refractivity contribution in [2.24, 2.45) is 0 Å². The summed E-state index contributed by atoms with van der Waals surface area (Å²) < 4.78 is 0. The minimum absolute atomic E-state index is 0. The third kappa shape index (κ3) is 27.2. The molecule has 0 rings (SSSR count). The molecule has 0 unspecified atom stereocenters. The fourth-order valence-electron chi connectivity index (χ4n) is 0. The van der Waals surface area contributed by atoms with Crippen LogP contribution in [0.15, 0.2) is 0 Å². The van der Waals surface area contributed by atoms with Crippen molar-refractivity contribution in [3.05, 3.63) is 0 Å². The van der Waals surface area contributed by atoms with Gasteiger partial charge in [0.1, 0.15) is 0 Å². The zero-order valence-corrected chi connectivity index (χ0v) is 11.5. The van der Waals surface area contributed by atoms with Crippen molar-refractivity contribution in [3.63, 3.8) is 0 Å². The average Bonchev–Trinajstić information content (AvgIpc) is 0. The molecular formula is CeMoNiO2W+9. The summed E-state index contributed by atoms with van der Waals surface area (Å²) in [5.74, 6) is 0. The summed E-state index contributed by atoms with van der Waals surface area (Å²) in [6.07, 6.45) is 0. The van der Waals surface area contributed by atoms with E-state index in [2.05, 4.69) is 0 Å². The first kappa shape index (κ1) is 61.0. The Bertz CT molecular complexity index is 13.5. The summed E-state index contributed by atoms with van der Waals surface area (Å²) >= 11 is 0. The van der Waals surface area contributed by atoms with Crippen LogP contribution in [-0.2, 0) is 69.6 Å². The molecule has 6 heavy (non-hydrogen) atoms. The van der Waals surface area contributed by atoms with Crippen molar-refractivity contribution in [1.29, 1.82) is 0 Å². The molecule has 2 nitrogen and oxygen atoms in total. The molecule has 6 heteroatoms. The van der Waals surface area contributed by atoms with E-state index in [1.165, 1.54) is 0 Å². The second kappa shape index (κ2) is 41.8. The van der Waals surface area contributed by atoms with E-state index >= 15 is 0 Å². The normalized spacial score (nSPS) is 0. The summed E-state index contributed by atoms with van der Waals surface area (Å²) in [4.78, 5) is 0. The monoisotopic (exact) mass is 512 g/mol. The first-order chi connectivity index (χ1) is 0. The van der Waals surface area contributed by atoms with Gasteiger partial charge in [0, 0.05) is 0 Å². The van der Waals surface area contributed by atoms with Gasteiger partial charge in [0.2, 0.25) is 0 Å². The van der Waals surface area contributed by atoms with Crippen LogP contribution in [0.2, 0.25) is 0 Å². The van der Waals surface area contributed by atoms with Gasteiger partial charge in [-0.1, -0.05) is 0 Å². The van der Waals surface area contributed by atoms with E-state index in [1.54, 1.807) is 0 Å². The Kier molecular flexibility index (Phi) is 425. The predicted octanol–water partition coefficient (Wildman–Crippen LogP) is -0.245. The first-order valence-corrected chi connectivity index (χ1v) is 0. The van der Waals surface area contributed by atoms with E-state index < -0.39 is 0 Å². The maximum atomic E-state index is 0. The predicted molar refractivity (Wildman–Crippen MR) is 1.37 cm³/mol. The third-order valence-electron chi connectivity index (χ3n) is 0.